The number of fused-ring (bicyclic) bond motifs is 1. The molecule has 0 atom stereocenters. The van der Waals surface area contributed by atoms with Gasteiger partial charge in [-0.1, -0.05) is 6.07 Å². The lowest BCUT2D eigenvalue weighted by Gasteiger charge is -2.29. The number of morpholine rings is 1. The third kappa shape index (κ3) is 6.54. The largest absolute Gasteiger partial charge is 0.490 e. The molecular weight excluding hydrogens is 467 g/mol. The minimum absolute atomic E-state index is 0.0175. The van der Waals surface area contributed by atoms with Crippen molar-refractivity contribution in [3.63, 3.8) is 0 Å². The molecule has 0 unspecified atom stereocenters. The van der Waals surface area contributed by atoms with Gasteiger partial charge in [0.25, 0.3) is 0 Å². The number of H-pyrrole nitrogens is 2. The highest BCUT2D eigenvalue weighted by atomic mass is 19.4. The molecule has 3 aromatic rings. The van der Waals surface area contributed by atoms with Gasteiger partial charge in [-0.05, 0) is 35.4 Å². The second-order valence-electron chi connectivity index (χ2n) is 7.37. The molecule has 4 N–H and O–H groups in total. The Bertz CT molecular complexity index is 1180. The van der Waals surface area contributed by atoms with E-state index in [9.17, 15) is 26.7 Å². The van der Waals surface area contributed by atoms with Gasteiger partial charge in [0.2, 0.25) is 0 Å². The zero-order valence-electron chi connectivity index (χ0n) is 17.6. The Morgan fingerprint density at radius 3 is 2.15 bits per heavy atom. The van der Waals surface area contributed by atoms with Gasteiger partial charge >= 0.3 is 17.8 Å². The van der Waals surface area contributed by atoms with E-state index in [2.05, 4.69) is 15.3 Å². The van der Waals surface area contributed by atoms with Gasteiger partial charge in [-0.25, -0.2) is 18.4 Å². The SMILES string of the molecule is O=C(O)C(F)(F)F.O=c1[nH]c2ccc(CNCc3cc(F)c(N4CCOCC4)c(F)c3)cc2[nH]1. The Morgan fingerprint density at radius 1 is 1.00 bits per heavy atom. The molecule has 184 valence electrons. The van der Waals surface area contributed by atoms with Crippen molar-refractivity contribution in [3.8, 4) is 0 Å². The molecule has 0 saturated carbocycles. The van der Waals surface area contributed by atoms with E-state index in [0.717, 1.165) is 16.6 Å². The topological polar surface area (TPSA) is 110 Å². The Morgan fingerprint density at radius 2 is 1.56 bits per heavy atom. The number of aromatic nitrogens is 2. The van der Waals surface area contributed by atoms with Crippen LogP contribution in [0.25, 0.3) is 11.0 Å². The highest BCUT2D eigenvalue weighted by Crippen LogP contribution is 2.26. The number of hydrogen-bond acceptors (Lipinski definition) is 5. The summed E-state index contributed by atoms with van der Waals surface area (Å²) in [6.45, 7) is 2.75. The summed E-state index contributed by atoms with van der Waals surface area (Å²) in [6.07, 6.45) is -5.08. The minimum Gasteiger partial charge on any atom is -0.475 e. The van der Waals surface area contributed by atoms with Crippen molar-refractivity contribution >= 4 is 22.7 Å². The van der Waals surface area contributed by atoms with Gasteiger partial charge < -0.3 is 30.0 Å². The molecular formula is C21H21F5N4O4. The number of carbonyl (C=O) groups is 1. The Hall–Kier alpha value is -3.45. The van der Waals surface area contributed by atoms with Crippen LogP contribution in [0.2, 0.25) is 0 Å². The number of imidazole rings is 1. The number of alkyl halides is 3. The standard InChI is InChI=1S/C19H20F2N4O2.C2HF3O2/c20-14-7-13(8-15(21)18(14)25-3-5-27-6-4-25)11-22-10-12-1-2-16-17(9-12)24-19(26)23-16;3-2(4,5)1(6)7/h1-2,7-9,22H,3-6,10-11H2,(H2,23,24,26);(H,6,7). The Kier molecular flexibility index (Phi) is 7.89. The van der Waals surface area contributed by atoms with Gasteiger partial charge in [-0.15, -0.1) is 0 Å². The smallest absolute Gasteiger partial charge is 0.475 e. The van der Waals surface area contributed by atoms with Gasteiger partial charge in [0.05, 0.1) is 24.2 Å². The first kappa shape index (κ1) is 25.2. The van der Waals surface area contributed by atoms with Crippen LogP contribution in [-0.4, -0.2) is 53.5 Å². The van der Waals surface area contributed by atoms with Crippen LogP contribution in [0.15, 0.2) is 35.1 Å². The third-order valence-electron chi connectivity index (χ3n) is 4.89. The number of nitrogens with one attached hydrogen (secondary N) is 3. The van der Waals surface area contributed by atoms with Gasteiger partial charge in [-0.3, -0.25) is 0 Å². The predicted octanol–water partition coefficient (Wildman–Crippen LogP) is 2.89. The van der Waals surface area contributed by atoms with E-state index in [1.165, 1.54) is 12.1 Å². The van der Waals surface area contributed by atoms with Crippen LogP contribution in [0.4, 0.5) is 27.6 Å². The van der Waals surface area contributed by atoms with Gasteiger partial charge in [-0.2, -0.15) is 13.2 Å². The summed E-state index contributed by atoms with van der Waals surface area (Å²) in [5.41, 5.74) is 2.74. The van der Waals surface area contributed by atoms with Gasteiger partial charge in [0.15, 0.2) is 0 Å². The van der Waals surface area contributed by atoms with Crippen molar-refractivity contribution in [3.05, 3.63) is 63.6 Å². The quantitative estimate of drug-likeness (QED) is 0.411. The molecule has 4 rings (SSSR count). The number of benzene rings is 2. The number of aliphatic carboxylic acids is 1. The van der Waals surface area contributed by atoms with Crippen LogP contribution < -0.4 is 15.9 Å². The summed E-state index contributed by atoms with van der Waals surface area (Å²) in [7, 11) is 0. The number of aromatic amines is 2. The van der Waals surface area contributed by atoms with Crippen molar-refractivity contribution in [2.45, 2.75) is 19.3 Å². The van der Waals surface area contributed by atoms with E-state index < -0.39 is 23.8 Å². The number of ether oxygens (including phenoxy) is 1. The molecule has 0 radical (unpaired) electrons. The zero-order chi connectivity index (χ0) is 24.9. The summed E-state index contributed by atoms with van der Waals surface area (Å²) >= 11 is 0. The highest BCUT2D eigenvalue weighted by Gasteiger charge is 2.38. The molecule has 0 bridgehead atoms. The monoisotopic (exact) mass is 488 g/mol. The van der Waals surface area contributed by atoms with Crippen LogP contribution in [-0.2, 0) is 22.6 Å². The maximum Gasteiger partial charge on any atom is 0.490 e. The molecule has 13 heteroatoms. The summed E-state index contributed by atoms with van der Waals surface area (Å²) in [5.74, 6) is -3.87. The van der Waals surface area contributed by atoms with E-state index in [1.54, 1.807) is 4.90 Å². The van der Waals surface area contributed by atoms with Gasteiger partial charge in [0, 0.05) is 26.2 Å². The minimum atomic E-state index is -5.08. The van der Waals surface area contributed by atoms with E-state index in [1.807, 2.05) is 18.2 Å². The first-order valence-corrected chi connectivity index (χ1v) is 10.1. The Balaban J connectivity index is 0.000000406. The first-order chi connectivity index (χ1) is 16.0. The second kappa shape index (κ2) is 10.7. The summed E-state index contributed by atoms with van der Waals surface area (Å²) in [4.78, 5) is 27.3. The van der Waals surface area contributed by atoms with E-state index in [0.29, 0.717) is 45.0 Å². The molecule has 2 heterocycles. The first-order valence-electron chi connectivity index (χ1n) is 10.1. The summed E-state index contributed by atoms with van der Waals surface area (Å²) in [6, 6.07) is 8.31. The van der Waals surface area contributed by atoms with Crippen LogP contribution in [0.3, 0.4) is 0 Å². The number of rotatable bonds is 5. The fourth-order valence-corrected chi connectivity index (χ4v) is 3.35. The fourth-order valence-electron chi connectivity index (χ4n) is 3.35. The van der Waals surface area contributed by atoms with Crippen LogP contribution in [0, 0.1) is 11.6 Å². The van der Waals surface area contributed by atoms with E-state index in [4.69, 9.17) is 14.6 Å². The molecule has 1 saturated heterocycles. The molecule has 2 aromatic carbocycles. The van der Waals surface area contributed by atoms with Crippen LogP contribution in [0.1, 0.15) is 11.1 Å². The molecule has 1 aromatic heterocycles. The lowest BCUT2D eigenvalue weighted by atomic mass is 10.1. The molecule has 1 aliphatic heterocycles. The molecule has 1 aliphatic rings. The third-order valence-corrected chi connectivity index (χ3v) is 4.89. The predicted molar refractivity (Wildman–Crippen MR) is 113 cm³/mol. The maximum atomic E-state index is 14.4. The number of anilines is 1. The number of carboxylic acids is 1. The average Bonchev–Trinajstić information content (AvgIpc) is 3.13. The Labute approximate surface area is 189 Å². The average molecular weight is 488 g/mol. The summed E-state index contributed by atoms with van der Waals surface area (Å²) in [5, 5.41) is 10.3. The second-order valence-corrected chi connectivity index (χ2v) is 7.37. The van der Waals surface area contributed by atoms with Crippen molar-refractivity contribution in [2.75, 3.05) is 31.2 Å². The lowest BCUT2D eigenvalue weighted by molar-refractivity contribution is -0.192. The summed E-state index contributed by atoms with van der Waals surface area (Å²) < 4.78 is 65.8. The van der Waals surface area contributed by atoms with Crippen molar-refractivity contribution in [2.24, 2.45) is 0 Å². The van der Waals surface area contributed by atoms with Gasteiger partial charge in [0.1, 0.15) is 17.3 Å². The molecule has 8 nitrogen and oxygen atoms in total. The molecule has 34 heavy (non-hydrogen) atoms. The van der Waals surface area contributed by atoms with Crippen LogP contribution >= 0.6 is 0 Å². The molecule has 1 fully saturated rings. The number of carboxylic acid groups (broad SMARTS) is 1. The number of hydrogen-bond donors (Lipinski definition) is 4. The highest BCUT2D eigenvalue weighted by molar-refractivity contribution is 5.75. The normalized spacial score (nSPS) is 14.1. The molecule has 0 aliphatic carbocycles. The number of nitrogens with zero attached hydrogens (tertiary/aromatic N) is 1. The van der Waals surface area contributed by atoms with Crippen molar-refractivity contribution in [1.29, 1.82) is 0 Å². The zero-order valence-corrected chi connectivity index (χ0v) is 17.6. The lowest BCUT2D eigenvalue weighted by Crippen LogP contribution is -2.37. The maximum absolute atomic E-state index is 14.4. The molecule has 0 amide bonds. The van der Waals surface area contributed by atoms with Crippen LogP contribution in [0.5, 0.6) is 0 Å². The van der Waals surface area contributed by atoms with E-state index in [-0.39, 0.29) is 11.4 Å². The molecule has 0 spiro atoms. The van der Waals surface area contributed by atoms with Crippen molar-refractivity contribution < 1.29 is 36.6 Å². The number of halogens is 5. The van der Waals surface area contributed by atoms with E-state index >= 15 is 0 Å². The van der Waals surface area contributed by atoms with Crippen molar-refractivity contribution in [1.82, 2.24) is 15.3 Å². The fraction of sp³-hybridized carbons (Fsp3) is 0.333.